The summed E-state index contributed by atoms with van der Waals surface area (Å²) in [6.07, 6.45) is 0.854. The highest BCUT2D eigenvalue weighted by atomic mass is 16.3. The van der Waals surface area contributed by atoms with Gasteiger partial charge in [0.15, 0.2) is 0 Å². The van der Waals surface area contributed by atoms with Crippen LogP contribution in [0, 0.1) is 6.92 Å². The van der Waals surface area contributed by atoms with Gasteiger partial charge in [-0.3, -0.25) is 4.90 Å². The van der Waals surface area contributed by atoms with Crippen LogP contribution in [0.25, 0.3) is 0 Å². The molecule has 1 aliphatic heterocycles. The van der Waals surface area contributed by atoms with Gasteiger partial charge in [-0.2, -0.15) is 0 Å². The third-order valence-corrected chi connectivity index (χ3v) is 2.71. The van der Waals surface area contributed by atoms with E-state index in [0.717, 1.165) is 37.6 Å². The molecule has 1 unspecified atom stereocenters. The quantitative estimate of drug-likeness (QED) is 0.777. The van der Waals surface area contributed by atoms with Crippen LogP contribution in [-0.2, 0) is 6.54 Å². The fraction of sp³-hybridized carbons (Fsp3) is 0.636. The lowest BCUT2D eigenvalue weighted by atomic mass is 10.1. The van der Waals surface area contributed by atoms with Crippen LogP contribution < -0.4 is 0 Å². The van der Waals surface area contributed by atoms with Crippen LogP contribution in [0.2, 0.25) is 0 Å². The van der Waals surface area contributed by atoms with Gasteiger partial charge in [0.2, 0.25) is 0 Å². The van der Waals surface area contributed by atoms with Gasteiger partial charge in [0.1, 0.15) is 11.5 Å². The average Bonchev–Trinajstić information content (AvgIpc) is 2.59. The summed E-state index contributed by atoms with van der Waals surface area (Å²) >= 11 is 0. The van der Waals surface area contributed by atoms with Gasteiger partial charge in [0, 0.05) is 13.1 Å². The van der Waals surface area contributed by atoms with E-state index in [9.17, 15) is 5.11 Å². The van der Waals surface area contributed by atoms with Gasteiger partial charge in [-0.1, -0.05) is 0 Å². The summed E-state index contributed by atoms with van der Waals surface area (Å²) in [5.74, 6) is 1.94. The van der Waals surface area contributed by atoms with E-state index in [0.29, 0.717) is 0 Å². The molecule has 0 bridgehead atoms. The number of hydrogen-bond donors (Lipinski definition) is 1. The average molecular weight is 195 g/mol. The maximum Gasteiger partial charge on any atom is 0.118 e. The molecule has 2 rings (SSSR count). The standard InChI is InChI=1S/C11H17NO2/c1-9-3-4-10(14-9)7-12-6-5-11(2,13)8-12/h3-4,13H,5-8H2,1-2H3. The van der Waals surface area contributed by atoms with Crippen LogP contribution in [0.1, 0.15) is 24.9 Å². The number of rotatable bonds is 2. The molecule has 14 heavy (non-hydrogen) atoms. The Hall–Kier alpha value is -0.800. The SMILES string of the molecule is Cc1ccc(CN2CCC(C)(O)C2)o1. The van der Waals surface area contributed by atoms with E-state index >= 15 is 0 Å². The van der Waals surface area contributed by atoms with E-state index in [1.807, 2.05) is 26.0 Å². The number of furan rings is 1. The second-order valence-electron chi connectivity index (χ2n) is 4.47. The van der Waals surface area contributed by atoms with Gasteiger partial charge in [0.05, 0.1) is 12.1 Å². The molecule has 3 heteroatoms. The molecule has 1 N–H and O–H groups in total. The predicted octanol–water partition coefficient (Wildman–Crippen LogP) is 1.54. The van der Waals surface area contributed by atoms with Crippen LogP contribution >= 0.6 is 0 Å². The minimum Gasteiger partial charge on any atom is -0.465 e. The van der Waals surface area contributed by atoms with E-state index in [4.69, 9.17) is 4.42 Å². The third-order valence-electron chi connectivity index (χ3n) is 2.71. The topological polar surface area (TPSA) is 36.6 Å². The maximum atomic E-state index is 9.78. The highest BCUT2D eigenvalue weighted by Gasteiger charge is 2.31. The zero-order valence-electron chi connectivity index (χ0n) is 8.79. The summed E-state index contributed by atoms with van der Waals surface area (Å²) < 4.78 is 5.49. The van der Waals surface area contributed by atoms with Crippen molar-refractivity contribution in [3.05, 3.63) is 23.7 Å². The van der Waals surface area contributed by atoms with Crippen molar-refractivity contribution in [2.75, 3.05) is 13.1 Å². The van der Waals surface area contributed by atoms with Crippen molar-refractivity contribution in [3.8, 4) is 0 Å². The van der Waals surface area contributed by atoms with Gasteiger partial charge in [0.25, 0.3) is 0 Å². The summed E-state index contributed by atoms with van der Waals surface area (Å²) in [5, 5.41) is 9.78. The van der Waals surface area contributed by atoms with E-state index in [-0.39, 0.29) is 0 Å². The molecule has 1 saturated heterocycles. The van der Waals surface area contributed by atoms with Crippen molar-refractivity contribution < 1.29 is 9.52 Å². The summed E-state index contributed by atoms with van der Waals surface area (Å²) in [6, 6.07) is 3.98. The number of aryl methyl sites for hydroxylation is 1. The van der Waals surface area contributed by atoms with E-state index in [1.165, 1.54) is 0 Å². The van der Waals surface area contributed by atoms with Crippen molar-refractivity contribution in [1.29, 1.82) is 0 Å². The van der Waals surface area contributed by atoms with E-state index in [2.05, 4.69) is 4.90 Å². The van der Waals surface area contributed by atoms with Crippen molar-refractivity contribution >= 4 is 0 Å². The largest absolute Gasteiger partial charge is 0.465 e. The number of hydrogen-bond acceptors (Lipinski definition) is 3. The highest BCUT2D eigenvalue weighted by Crippen LogP contribution is 2.22. The molecule has 2 heterocycles. The first kappa shape index (κ1) is 9.74. The zero-order chi connectivity index (χ0) is 10.2. The minimum absolute atomic E-state index is 0.512. The smallest absolute Gasteiger partial charge is 0.118 e. The summed E-state index contributed by atoms with van der Waals surface area (Å²) in [5.41, 5.74) is -0.512. The highest BCUT2D eigenvalue weighted by molar-refractivity contribution is 5.06. The Morgan fingerprint density at radius 1 is 1.57 bits per heavy atom. The Morgan fingerprint density at radius 2 is 2.36 bits per heavy atom. The Kier molecular flexibility index (Phi) is 2.37. The molecule has 1 aromatic rings. The van der Waals surface area contributed by atoms with Crippen molar-refractivity contribution in [3.63, 3.8) is 0 Å². The Bertz CT molecular complexity index is 317. The van der Waals surface area contributed by atoms with Crippen LogP contribution in [0.4, 0.5) is 0 Å². The molecule has 0 saturated carbocycles. The predicted molar refractivity (Wildman–Crippen MR) is 54.0 cm³/mol. The second-order valence-corrected chi connectivity index (χ2v) is 4.47. The Morgan fingerprint density at radius 3 is 2.86 bits per heavy atom. The van der Waals surface area contributed by atoms with Crippen LogP contribution in [0.3, 0.4) is 0 Å². The van der Waals surface area contributed by atoms with Gasteiger partial charge >= 0.3 is 0 Å². The number of nitrogens with zero attached hydrogens (tertiary/aromatic N) is 1. The molecule has 1 aliphatic rings. The minimum atomic E-state index is -0.512. The number of likely N-dealkylation sites (tertiary alicyclic amines) is 1. The molecule has 0 aliphatic carbocycles. The molecule has 0 spiro atoms. The molecule has 1 fully saturated rings. The van der Waals surface area contributed by atoms with Gasteiger partial charge in [-0.25, -0.2) is 0 Å². The van der Waals surface area contributed by atoms with Crippen molar-refractivity contribution in [2.45, 2.75) is 32.4 Å². The lowest BCUT2D eigenvalue weighted by Crippen LogP contribution is -2.29. The molecule has 0 aromatic carbocycles. The molecule has 0 amide bonds. The Labute approximate surface area is 84.3 Å². The fourth-order valence-corrected chi connectivity index (χ4v) is 1.96. The molecule has 0 radical (unpaired) electrons. The van der Waals surface area contributed by atoms with E-state index in [1.54, 1.807) is 0 Å². The lowest BCUT2D eigenvalue weighted by molar-refractivity contribution is 0.0670. The van der Waals surface area contributed by atoms with Gasteiger partial charge < -0.3 is 9.52 Å². The van der Waals surface area contributed by atoms with Crippen LogP contribution in [-0.4, -0.2) is 28.7 Å². The molecule has 78 valence electrons. The summed E-state index contributed by atoms with van der Waals surface area (Å²) in [7, 11) is 0. The first-order valence-corrected chi connectivity index (χ1v) is 5.05. The third kappa shape index (κ3) is 2.16. The zero-order valence-corrected chi connectivity index (χ0v) is 8.79. The maximum absolute atomic E-state index is 9.78. The number of aliphatic hydroxyl groups is 1. The Balaban J connectivity index is 1.94. The lowest BCUT2D eigenvalue weighted by Gasteiger charge is -2.17. The second kappa shape index (κ2) is 3.41. The normalized spacial score (nSPS) is 28.5. The van der Waals surface area contributed by atoms with Crippen LogP contribution in [0.5, 0.6) is 0 Å². The molecule has 1 atom stereocenters. The van der Waals surface area contributed by atoms with Crippen molar-refractivity contribution in [2.24, 2.45) is 0 Å². The van der Waals surface area contributed by atoms with E-state index < -0.39 is 5.60 Å². The van der Waals surface area contributed by atoms with Crippen LogP contribution in [0.15, 0.2) is 16.5 Å². The molecule has 3 nitrogen and oxygen atoms in total. The fourth-order valence-electron chi connectivity index (χ4n) is 1.96. The molecular weight excluding hydrogens is 178 g/mol. The summed E-state index contributed by atoms with van der Waals surface area (Å²) in [4.78, 5) is 2.22. The van der Waals surface area contributed by atoms with Crippen molar-refractivity contribution in [1.82, 2.24) is 4.90 Å². The summed E-state index contributed by atoms with van der Waals surface area (Å²) in [6.45, 7) is 6.34. The molecular formula is C11H17NO2. The first-order chi connectivity index (χ1) is 6.55. The molecule has 1 aromatic heterocycles. The number of β-amino-alcohol motifs (C(OH)–C–C–N with tert-alkyl or cyclic N) is 1. The first-order valence-electron chi connectivity index (χ1n) is 5.05. The van der Waals surface area contributed by atoms with Gasteiger partial charge in [-0.15, -0.1) is 0 Å². The monoisotopic (exact) mass is 195 g/mol. The van der Waals surface area contributed by atoms with Gasteiger partial charge in [-0.05, 0) is 32.4 Å².